The molecule has 1 aromatic carbocycles. The van der Waals surface area contributed by atoms with E-state index in [-0.39, 0.29) is 5.82 Å². The second kappa shape index (κ2) is 4.24. The molecule has 1 aromatic rings. The first-order chi connectivity index (χ1) is 7.61. The van der Waals surface area contributed by atoms with E-state index < -0.39 is 0 Å². The molecule has 1 aliphatic heterocycles. The Kier molecular flexibility index (Phi) is 2.95. The van der Waals surface area contributed by atoms with Gasteiger partial charge in [-0.2, -0.15) is 0 Å². The molecule has 3 heteroatoms. The van der Waals surface area contributed by atoms with Gasteiger partial charge in [-0.25, -0.2) is 4.39 Å². The SMILES string of the molecule is CCC(C)CN1Cc2ccc(F)cc2C1=N. The average molecular weight is 220 g/mol. The summed E-state index contributed by atoms with van der Waals surface area (Å²) in [4.78, 5) is 2.03. The number of hydrogen-bond donors (Lipinski definition) is 1. The predicted molar refractivity (Wildman–Crippen MR) is 63.1 cm³/mol. The van der Waals surface area contributed by atoms with Crippen LogP contribution in [0.5, 0.6) is 0 Å². The van der Waals surface area contributed by atoms with Crippen molar-refractivity contribution in [3.05, 3.63) is 35.1 Å². The maximum absolute atomic E-state index is 13.1. The number of halogens is 1. The van der Waals surface area contributed by atoms with Crippen molar-refractivity contribution in [2.45, 2.75) is 26.8 Å². The van der Waals surface area contributed by atoms with Gasteiger partial charge in [-0.05, 0) is 23.6 Å². The summed E-state index contributed by atoms with van der Waals surface area (Å²) in [6, 6.07) is 4.73. The minimum Gasteiger partial charge on any atom is -0.352 e. The number of benzene rings is 1. The van der Waals surface area contributed by atoms with Crippen molar-refractivity contribution in [3.8, 4) is 0 Å². The van der Waals surface area contributed by atoms with E-state index in [2.05, 4.69) is 13.8 Å². The van der Waals surface area contributed by atoms with Gasteiger partial charge in [0.05, 0.1) is 0 Å². The highest BCUT2D eigenvalue weighted by Gasteiger charge is 2.25. The van der Waals surface area contributed by atoms with Gasteiger partial charge in [0, 0.05) is 18.7 Å². The Hall–Kier alpha value is -1.38. The van der Waals surface area contributed by atoms with E-state index >= 15 is 0 Å². The molecule has 0 bridgehead atoms. The molecule has 0 saturated carbocycles. The molecule has 1 unspecified atom stereocenters. The number of fused-ring (bicyclic) bond motifs is 1. The summed E-state index contributed by atoms with van der Waals surface area (Å²) in [5.74, 6) is 0.781. The highest BCUT2D eigenvalue weighted by atomic mass is 19.1. The zero-order valence-corrected chi connectivity index (χ0v) is 9.76. The quantitative estimate of drug-likeness (QED) is 0.833. The van der Waals surface area contributed by atoms with E-state index in [0.29, 0.717) is 11.8 Å². The fourth-order valence-corrected chi connectivity index (χ4v) is 2.02. The van der Waals surface area contributed by atoms with Gasteiger partial charge in [0.15, 0.2) is 0 Å². The maximum Gasteiger partial charge on any atom is 0.128 e. The lowest BCUT2D eigenvalue weighted by Crippen LogP contribution is -2.28. The average Bonchev–Trinajstić information content (AvgIpc) is 2.56. The molecular weight excluding hydrogens is 203 g/mol. The van der Waals surface area contributed by atoms with E-state index in [1.54, 1.807) is 6.07 Å². The summed E-state index contributed by atoms with van der Waals surface area (Å²) >= 11 is 0. The number of nitrogens with zero attached hydrogens (tertiary/aromatic N) is 1. The van der Waals surface area contributed by atoms with Gasteiger partial charge in [-0.1, -0.05) is 26.3 Å². The first kappa shape index (κ1) is 11.1. The van der Waals surface area contributed by atoms with Gasteiger partial charge in [0.1, 0.15) is 11.7 Å². The van der Waals surface area contributed by atoms with Gasteiger partial charge in [-0.15, -0.1) is 0 Å². The Morgan fingerprint density at radius 3 is 2.94 bits per heavy atom. The van der Waals surface area contributed by atoms with Crippen molar-refractivity contribution in [1.29, 1.82) is 5.41 Å². The van der Waals surface area contributed by atoms with E-state index in [1.807, 2.05) is 4.90 Å². The van der Waals surface area contributed by atoms with Crippen LogP contribution in [0.1, 0.15) is 31.4 Å². The molecular formula is C13H17FN2. The second-order valence-corrected chi connectivity index (χ2v) is 4.54. The molecule has 0 aliphatic carbocycles. The molecule has 0 radical (unpaired) electrons. The fourth-order valence-electron chi connectivity index (χ4n) is 2.02. The normalized spacial score (nSPS) is 16.4. The molecule has 1 N–H and O–H groups in total. The third kappa shape index (κ3) is 1.94. The van der Waals surface area contributed by atoms with Crippen LogP contribution in [0, 0.1) is 17.1 Å². The highest BCUT2D eigenvalue weighted by molar-refractivity contribution is 6.00. The topological polar surface area (TPSA) is 27.1 Å². The lowest BCUT2D eigenvalue weighted by atomic mass is 10.1. The van der Waals surface area contributed by atoms with Crippen molar-refractivity contribution in [3.63, 3.8) is 0 Å². The summed E-state index contributed by atoms with van der Waals surface area (Å²) in [5, 5.41) is 8.01. The van der Waals surface area contributed by atoms with Crippen LogP contribution in [-0.4, -0.2) is 17.3 Å². The number of amidine groups is 1. The van der Waals surface area contributed by atoms with Crippen molar-refractivity contribution < 1.29 is 4.39 Å². The van der Waals surface area contributed by atoms with Crippen LogP contribution < -0.4 is 0 Å². The number of hydrogen-bond acceptors (Lipinski definition) is 1. The van der Waals surface area contributed by atoms with Crippen LogP contribution in [-0.2, 0) is 6.54 Å². The van der Waals surface area contributed by atoms with Crippen molar-refractivity contribution in [1.82, 2.24) is 4.90 Å². The number of nitrogens with one attached hydrogen (secondary N) is 1. The van der Waals surface area contributed by atoms with Crippen molar-refractivity contribution in [2.75, 3.05) is 6.54 Å². The Morgan fingerprint density at radius 2 is 2.25 bits per heavy atom. The van der Waals surface area contributed by atoms with Crippen molar-refractivity contribution >= 4 is 5.84 Å². The van der Waals surface area contributed by atoms with E-state index in [4.69, 9.17) is 5.41 Å². The molecule has 0 spiro atoms. The zero-order chi connectivity index (χ0) is 11.7. The van der Waals surface area contributed by atoms with Gasteiger partial charge in [0.25, 0.3) is 0 Å². The molecule has 0 amide bonds. The van der Waals surface area contributed by atoms with Crippen LogP contribution in [0.25, 0.3) is 0 Å². The molecule has 1 heterocycles. The van der Waals surface area contributed by atoms with Gasteiger partial charge in [0.2, 0.25) is 0 Å². The van der Waals surface area contributed by atoms with Crippen LogP contribution in [0.15, 0.2) is 18.2 Å². The highest BCUT2D eigenvalue weighted by Crippen LogP contribution is 2.24. The van der Waals surface area contributed by atoms with Crippen LogP contribution >= 0.6 is 0 Å². The van der Waals surface area contributed by atoms with E-state index in [9.17, 15) is 4.39 Å². The Bertz CT molecular complexity index is 414. The minimum absolute atomic E-state index is 0.256. The molecule has 1 aliphatic rings. The smallest absolute Gasteiger partial charge is 0.128 e. The number of rotatable bonds is 3. The zero-order valence-electron chi connectivity index (χ0n) is 9.76. The van der Waals surface area contributed by atoms with Crippen molar-refractivity contribution in [2.24, 2.45) is 5.92 Å². The molecule has 1 atom stereocenters. The minimum atomic E-state index is -0.256. The standard InChI is InChI=1S/C13H17FN2/c1-3-9(2)7-16-8-10-4-5-11(14)6-12(10)13(16)15/h4-6,9,15H,3,7-8H2,1-2H3. The van der Waals surface area contributed by atoms with Crippen LogP contribution in [0.2, 0.25) is 0 Å². The first-order valence-corrected chi connectivity index (χ1v) is 5.74. The summed E-state index contributed by atoms with van der Waals surface area (Å²) < 4.78 is 13.1. The summed E-state index contributed by atoms with van der Waals surface area (Å²) in [6.45, 7) is 5.96. The lowest BCUT2D eigenvalue weighted by Gasteiger charge is -2.21. The summed E-state index contributed by atoms with van der Waals surface area (Å²) in [6.07, 6.45) is 1.11. The largest absolute Gasteiger partial charge is 0.352 e. The Balaban J connectivity index is 2.18. The molecule has 0 aromatic heterocycles. The van der Waals surface area contributed by atoms with Gasteiger partial charge in [-0.3, -0.25) is 5.41 Å². The van der Waals surface area contributed by atoms with E-state index in [0.717, 1.165) is 30.6 Å². The fraction of sp³-hybridized carbons (Fsp3) is 0.462. The van der Waals surface area contributed by atoms with Gasteiger partial charge >= 0.3 is 0 Å². The third-order valence-corrected chi connectivity index (χ3v) is 3.23. The summed E-state index contributed by atoms with van der Waals surface area (Å²) in [7, 11) is 0. The van der Waals surface area contributed by atoms with E-state index in [1.165, 1.54) is 12.1 Å². The first-order valence-electron chi connectivity index (χ1n) is 5.74. The van der Waals surface area contributed by atoms with Crippen LogP contribution in [0.3, 0.4) is 0 Å². The Morgan fingerprint density at radius 1 is 1.50 bits per heavy atom. The molecule has 16 heavy (non-hydrogen) atoms. The summed E-state index contributed by atoms with van der Waals surface area (Å²) in [5.41, 5.74) is 1.82. The molecule has 2 nitrogen and oxygen atoms in total. The monoisotopic (exact) mass is 220 g/mol. The molecule has 2 rings (SSSR count). The lowest BCUT2D eigenvalue weighted by molar-refractivity contribution is 0.350. The molecule has 0 saturated heterocycles. The third-order valence-electron chi connectivity index (χ3n) is 3.23. The van der Waals surface area contributed by atoms with Gasteiger partial charge < -0.3 is 4.90 Å². The van der Waals surface area contributed by atoms with Crippen LogP contribution in [0.4, 0.5) is 4.39 Å². The molecule has 86 valence electrons. The second-order valence-electron chi connectivity index (χ2n) is 4.54. The predicted octanol–water partition coefficient (Wildman–Crippen LogP) is 3.01. The molecule has 0 fully saturated rings. The maximum atomic E-state index is 13.1. The Labute approximate surface area is 95.6 Å².